The second-order valence-corrected chi connectivity index (χ2v) is 7.13. The number of para-hydroxylation sites is 1. The van der Waals surface area contributed by atoms with Crippen molar-refractivity contribution in [2.45, 2.75) is 18.9 Å². The van der Waals surface area contributed by atoms with E-state index >= 15 is 0 Å². The Morgan fingerprint density at radius 2 is 2.00 bits per heavy atom. The van der Waals surface area contributed by atoms with Gasteiger partial charge in [-0.05, 0) is 56.8 Å². The molecule has 0 saturated carbocycles. The number of nitrogens with zero attached hydrogens (tertiary/aromatic N) is 4. The number of hydrogen-bond acceptors (Lipinski definition) is 5. The summed E-state index contributed by atoms with van der Waals surface area (Å²) in [5.41, 5.74) is 1.54. The quantitative estimate of drug-likeness (QED) is 0.547. The van der Waals surface area contributed by atoms with Gasteiger partial charge in [-0.3, -0.25) is 9.69 Å². The highest BCUT2D eigenvalue weighted by molar-refractivity contribution is 5.80. The van der Waals surface area contributed by atoms with Crippen molar-refractivity contribution in [3.63, 3.8) is 0 Å². The van der Waals surface area contributed by atoms with E-state index in [9.17, 15) is 4.79 Å². The van der Waals surface area contributed by atoms with Crippen LogP contribution in [0.3, 0.4) is 0 Å². The number of pyridine rings is 1. The van der Waals surface area contributed by atoms with E-state index in [0.29, 0.717) is 28.3 Å². The molecule has 28 heavy (non-hydrogen) atoms. The van der Waals surface area contributed by atoms with Gasteiger partial charge in [0.05, 0.1) is 17.2 Å². The summed E-state index contributed by atoms with van der Waals surface area (Å²) in [5, 5.41) is 0.564. The normalized spacial score (nSPS) is 17.4. The Morgan fingerprint density at radius 3 is 2.79 bits per heavy atom. The molecule has 4 aromatic rings. The Morgan fingerprint density at radius 1 is 1.11 bits per heavy atom. The van der Waals surface area contributed by atoms with E-state index in [0.717, 1.165) is 24.9 Å². The Bertz CT molecular complexity index is 1200. The Kier molecular flexibility index (Phi) is 4.06. The fourth-order valence-corrected chi connectivity index (χ4v) is 4.06. The van der Waals surface area contributed by atoms with Crippen molar-refractivity contribution in [1.29, 1.82) is 0 Å². The van der Waals surface area contributed by atoms with Gasteiger partial charge in [-0.1, -0.05) is 18.2 Å². The number of furan rings is 1. The van der Waals surface area contributed by atoms with Gasteiger partial charge in [-0.2, -0.15) is 0 Å². The molecule has 0 unspecified atom stereocenters. The first kappa shape index (κ1) is 16.9. The van der Waals surface area contributed by atoms with Crippen LogP contribution in [-0.2, 0) is 0 Å². The predicted octanol–water partition coefficient (Wildman–Crippen LogP) is 3.81. The fraction of sp³-hybridized carbons (Fsp3) is 0.227. The molecule has 0 amide bonds. The second-order valence-electron chi connectivity index (χ2n) is 7.13. The molecule has 140 valence electrons. The molecule has 4 heterocycles. The average Bonchev–Trinajstić information content (AvgIpc) is 3.40. The maximum atomic E-state index is 13.5. The highest BCUT2D eigenvalue weighted by atomic mass is 16.3. The minimum atomic E-state index is -0.141. The molecular formula is C22H20N4O2. The SMILES string of the molecule is CN1CCC[C@H]1c1cccnc1-n1c(-c2ccco2)nc2ccccc2c1=O. The summed E-state index contributed by atoms with van der Waals surface area (Å²) >= 11 is 0. The third-order valence-electron chi connectivity index (χ3n) is 5.43. The van der Waals surface area contributed by atoms with Gasteiger partial charge in [-0.25, -0.2) is 14.5 Å². The molecule has 1 aromatic carbocycles. The summed E-state index contributed by atoms with van der Waals surface area (Å²) in [4.78, 5) is 25.2. The third-order valence-corrected chi connectivity index (χ3v) is 5.43. The molecular weight excluding hydrogens is 352 g/mol. The van der Waals surface area contributed by atoms with Gasteiger partial charge in [0.15, 0.2) is 11.6 Å². The lowest BCUT2D eigenvalue weighted by atomic mass is 10.1. The van der Waals surface area contributed by atoms with E-state index in [2.05, 4.69) is 23.0 Å². The zero-order valence-electron chi connectivity index (χ0n) is 15.6. The molecule has 0 radical (unpaired) electrons. The maximum absolute atomic E-state index is 13.5. The standard InChI is InChI=1S/C22H20N4O2/c1-25-13-5-10-18(25)16-8-4-12-23-20(16)26-21(19-11-6-14-28-19)24-17-9-3-2-7-15(17)22(26)27/h2-4,6-9,11-12,14,18H,5,10,13H2,1H3/t18-/m0/s1. The molecule has 1 atom stereocenters. The van der Waals surface area contributed by atoms with Gasteiger partial charge in [0.1, 0.15) is 5.82 Å². The van der Waals surface area contributed by atoms with Crippen LogP contribution >= 0.6 is 0 Å². The van der Waals surface area contributed by atoms with Crippen LogP contribution in [0.4, 0.5) is 0 Å². The first-order valence-corrected chi connectivity index (χ1v) is 9.45. The molecule has 1 fully saturated rings. The Labute approximate surface area is 162 Å². The van der Waals surface area contributed by atoms with E-state index in [-0.39, 0.29) is 11.6 Å². The topological polar surface area (TPSA) is 64.2 Å². The lowest BCUT2D eigenvalue weighted by molar-refractivity contribution is 0.316. The first-order chi connectivity index (χ1) is 13.7. The first-order valence-electron chi connectivity index (χ1n) is 9.45. The van der Waals surface area contributed by atoms with E-state index in [1.165, 1.54) is 0 Å². The highest BCUT2D eigenvalue weighted by Crippen LogP contribution is 2.34. The maximum Gasteiger partial charge on any atom is 0.267 e. The van der Waals surface area contributed by atoms with Crippen LogP contribution in [0.5, 0.6) is 0 Å². The monoisotopic (exact) mass is 372 g/mol. The van der Waals surface area contributed by atoms with E-state index in [1.54, 1.807) is 29.2 Å². The molecule has 1 saturated heterocycles. The summed E-state index contributed by atoms with van der Waals surface area (Å²) < 4.78 is 7.21. The van der Waals surface area contributed by atoms with Crippen LogP contribution in [-0.4, -0.2) is 33.0 Å². The Balaban J connectivity index is 1.84. The van der Waals surface area contributed by atoms with Gasteiger partial charge in [-0.15, -0.1) is 0 Å². The van der Waals surface area contributed by atoms with Crippen molar-refractivity contribution in [3.05, 3.63) is 76.9 Å². The lowest BCUT2D eigenvalue weighted by Crippen LogP contribution is -2.26. The Hall–Kier alpha value is -3.25. The molecule has 6 nitrogen and oxygen atoms in total. The second kappa shape index (κ2) is 6.73. The number of fused-ring (bicyclic) bond motifs is 1. The van der Waals surface area contributed by atoms with Gasteiger partial charge < -0.3 is 4.42 Å². The van der Waals surface area contributed by atoms with E-state index in [1.807, 2.05) is 30.3 Å². The summed E-state index contributed by atoms with van der Waals surface area (Å²) in [7, 11) is 2.11. The van der Waals surface area contributed by atoms with Crippen LogP contribution < -0.4 is 5.56 Å². The molecule has 6 heteroatoms. The number of hydrogen-bond donors (Lipinski definition) is 0. The molecule has 0 spiro atoms. The molecule has 3 aromatic heterocycles. The van der Waals surface area contributed by atoms with Crippen LogP contribution in [0, 0.1) is 0 Å². The molecule has 5 rings (SSSR count). The van der Waals surface area contributed by atoms with Crippen LogP contribution in [0.25, 0.3) is 28.3 Å². The van der Waals surface area contributed by atoms with E-state index < -0.39 is 0 Å². The van der Waals surface area contributed by atoms with Gasteiger partial charge in [0.25, 0.3) is 5.56 Å². The highest BCUT2D eigenvalue weighted by Gasteiger charge is 2.28. The van der Waals surface area contributed by atoms with Crippen LogP contribution in [0.2, 0.25) is 0 Å². The van der Waals surface area contributed by atoms with E-state index in [4.69, 9.17) is 9.40 Å². The van der Waals surface area contributed by atoms with Crippen molar-refractivity contribution >= 4 is 10.9 Å². The summed E-state index contributed by atoms with van der Waals surface area (Å²) in [5.74, 6) is 1.63. The van der Waals surface area contributed by atoms with Crippen molar-refractivity contribution in [2.24, 2.45) is 0 Å². The predicted molar refractivity (Wildman–Crippen MR) is 107 cm³/mol. The van der Waals surface area contributed by atoms with Crippen LogP contribution in [0.15, 0.2) is 70.2 Å². The number of aromatic nitrogens is 3. The van der Waals surface area contributed by atoms with Gasteiger partial charge in [0, 0.05) is 17.8 Å². The number of rotatable bonds is 3. The average molecular weight is 372 g/mol. The summed E-state index contributed by atoms with van der Waals surface area (Å²) in [6, 6.07) is 15.2. The number of likely N-dealkylation sites (tertiary alicyclic amines) is 1. The van der Waals surface area contributed by atoms with Crippen molar-refractivity contribution in [3.8, 4) is 17.4 Å². The largest absolute Gasteiger partial charge is 0.461 e. The van der Waals surface area contributed by atoms with Crippen molar-refractivity contribution < 1.29 is 4.42 Å². The fourth-order valence-electron chi connectivity index (χ4n) is 4.06. The smallest absolute Gasteiger partial charge is 0.267 e. The molecule has 0 N–H and O–H groups in total. The minimum absolute atomic E-state index is 0.141. The van der Waals surface area contributed by atoms with Gasteiger partial charge >= 0.3 is 0 Å². The zero-order chi connectivity index (χ0) is 19.1. The minimum Gasteiger partial charge on any atom is -0.461 e. The number of benzene rings is 1. The van der Waals surface area contributed by atoms with Crippen molar-refractivity contribution in [1.82, 2.24) is 19.4 Å². The lowest BCUT2D eigenvalue weighted by Gasteiger charge is -2.23. The van der Waals surface area contributed by atoms with Gasteiger partial charge in [0.2, 0.25) is 0 Å². The molecule has 0 aliphatic carbocycles. The summed E-state index contributed by atoms with van der Waals surface area (Å²) in [6.07, 6.45) is 5.49. The van der Waals surface area contributed by atoms with Crippen molar-refractivity contribution in [2.75, 3.05) is 13.6 Å². The molecule has 1 aliphatic heterocycles. The summed E-state index contributed by atoms with van der Waals surface area (Å²) in [6.45, 7) is 1.04. The third kappa shape index (κ3) is 2.65. The zero-order valence-corrected chi connectivity index (χ0v) is 15.6. The molecule has 1 aliphatic rings. The van der Waals surface area contributed by atoms with Crippen LogP contribution in [0.1, 0.15) is 24.4 Å². The molecule has 0 bridgehead atoms.